The van der Waals surface area contributed by atoms with Crippen LogP contribution < -0.4 is 10.6 Å². The number of carboxylic acid groups (broad SMARTS) is 1. The second-order valence-electron chi connectivity index (χ2n) is 9.51. The zero-order valence-corrected chi connectivity index (χ0v) is 28.5. The number of hydrogen-bond donors (Lipinski definition) is 3. The number of halogens is 4. The Morgan fingerprint density at radius 2 is 1.56 bits per heavy atom. The van der Waals surface area contributed by atoms with Crippen LogP contribution in [0.1, 0.15) is 50.0 Å². The number of benzene rings is 3. The van der Waals surface area contributed by atoms with E-state index in [1.807, 2.05) is 38.1 Å². The molecule has 14 heteroatoms. The van der Waals surface area contributed by atoms with Gasteiger partial charge in [0.1, 0.15) is 10.6 Å². The molecule has 0 fully saturated rings. The van der Waals surface area contributed by atoms with E-state index in [1.165, 1.54) is 30.2 Å². The lowest BCUT2D eigenvalue weighted by Gasteiger charge is -2.16. The van der Waals surface area contributed by atoms with Crippen molar-refractivity contribution in [3.05, 3.63) is 96.3 Å². The monoisotopic (exact) mass is 724 g/mol. The number of thioether (sulfide) groups is 1. The van der Waals surface area contributed by atoms with Gasteiger partial charge in [-0.15, -0.1) is 23.1 Å². The highest BCUT2D eigenvalue weighted by Gasteiger charge is 2.29. The molecule has 0 radical (unpaired) electrons. The van der Waals surface area contributed by atoms with E-state index >= 15 is 0 Å². The molecule has 234 valence electrons. The third kappa shape index (κ3) is 7.60. The van der Waals surface area contributed by atoms with Crippen LogP contribution in [0, 0.1) is 6.92 Å². The Balaban J connectivity index is 1.55. The van der Waals surface area contributed by atoms with Crippen molar-refractivity contribution < 1.29 is 29.0 Å². The summed E-state index contributed by atoms with van der Waals surface area (Å²) in [6.07, 6.45) is 0.441. The Kier molecular flexibility index (Phi) is 11.5. The summed E-state index contributed by atoms with van der Waals surface area (Å²) in [7, 11) is 1.29. The first-order valence-corrected chi connectivity index (χ1v) is 16.4. The molecule has 3 aromatic carbocycles. The quantitative estimate of drug-likeness (QED) is 0.0644. The van der Waals surface area contributed by atoms with E-state index in [0.29, 0.717) is 27.6 Å². The molecular formula is C31H24Cl4N2O6S2. The van der Waals surface area contributed by atoms with Gasteiger partial charge in [-0.2, -0.15) is 0 Å². The van der Waals surface area contributed by atoms with Crippen LogP contribution in [0.3, 0.4) is 0 Å². The Hall–Kier alpha value is -3.25. The normalized spacial score (nSPS) is 11.5. The van der Waals surface area contributed by atoms with Crippen LogP contribution in [-0.4, -0.2) is 41.2 Å². The second kappa shape index (κ2) is 14.9. The average molecular weight is 726 g/mol. The van der Waals surface area contributed by atoms with Crippen LogP contribution >= 0.6 is 69.5 Å². The van der Waals surface area contributed by atoms with Crippen molar-refractivity contribution in [2.24, 2.45) is 0 Å². The van der Waals surface area contributed by atoms with Gasteiger partial charge in [0, 0.05) is 21.5 Å². The predicted molar refractivity (Wildman–Crippen MR) is 182 cm³/mol. The fourth-order valence-corrected chi connectivity index (χ4v) is 7.26. The molecule has 0 saturated carbocycles. The third-order valence-electron chi connectivity index (χ3n) is 6.52. The van der Waals surface area contributed by atoms with E-state index < -0.39 is 39.2 Å². The number of aromatic carboxylic acids is 1. The summed E-state index contributed by atoms with van der Waals surface area (Å²) < 4.78 is 5.02. The molecule has 4 rings (SSSR count). The summed E-state index contributed by atoms with van der Waals surface area (Å²) in [5, 5.41) is 15.4. The Bertz CT molecular complexity index is 1810. The fourth-order valence-electron chi connectivity index (χ4n) is 4.27. The Morgan fingerprint density at radius 1 is 0.911 bits per heavy atom. The van der Waals surface area contributed by atoms with Gasteiger partial charge in [-0.05, 0) is 37.1 Å². The minimum atomic E-state index is -1.51. The topological polar surface area (TPSA) is 122 Å². The molecule has 2 amide bonds. The lowest BCUT2D eigenvalue weighted by atomic mass is 10.0. The molecule has 3 N–H and O–H groups in total. The van der Waals surface area contributed by atoms with Crippen molar-refractivity contribution in [3.63, 3.8) is 0 Å². The van der Waals surface area contributed by atoms with Crippen LogP contribution in [0.2, 0.25) is 20.1 Å². The summed E-state index contributed by atoms with van der Waals surface area (Å²) in [6.45, 7) is 3.81. The average Bonchev–Trinajstić information content (AvgIpc) is 3.43. The molecule has 0 aliphatic heterocycles. The predicted octanol–water partition coefficient (Wildman–Crippen LogP) is 9.58. The maximum atomic E-state index is 13.4. The van der Waals surface area contributed by atoms with Crippen LogP contribution in [-0.2, 0) is 9.53 Å². The number of carbonyl (C=O) groups is 4. The van der Waals surface area contributed by atoms with Crippen molar-refractivity contribution in [2.45, 2.75) is 30.4 Å². The lowest BCUT2D eigenvalue weighted by Crippen LogP contribution is -2.25. The zero-order valence-electron chi connectivity index (χ0n) is 23.8. The molecular weight excluding hydrogens is 702 g/mol. The van der Waals surface area contributed by atoms with E-state index in [1.54, 1.807) is 29.6 Å². The van der Waals surface area contributed by atoms with Gasteiger partial charge in [0.25, 0.3) is 5.91 Å². The van der Waals surface area contributed by atoms with Crippen LogP contribution in [0.15, 0.2) is 58.8 Å². The minimum Gasteiger partial charge on any atom is -0.478 e. The summed E-state index contributed by atoms with van der Waals surface area (Å²) in [5.74, 6) is -3.29. The first-order chi connectivity index (χ1) is 21.4. The highest BCUT2D eigenvalue weighted by molar-refractivity contribution is 8.00. The minimum absolute atomic E-state index is 0.258. The van der Waals surface area contributed by atoms with Crippen molar-refractivity contribution >= 4 is 104 Å². The lowest BCUT2D eigenvalue weighted by molar-refractivity contribution is -0.115. The van der Waals surface area contributed by atoms with E-state index in [0.717, 1.165) is 11.1 Å². The maximum absolute atomic E-state index is 13.4. The highest BCUT2D eigenvalue weighted by Crippen LogP contribution is 2.42. The number of aryl methyl sites for hydroxylation is 1. The third-order valence-corrected chi connectivity index (χ3v) is 10.6. The molecule has 8 nitrogen and oxygen atoms in total. The van der Waals surface area contributed by atoms with Crippen molar-refractivity contribution in [2.75, 3.05) is 17.7 Å². The number of esters is 1. The summed E-state index contributed by atoms with van der Waals surface area (Å²) in [4.78, 5) is 51.9. The van der Waals surface area contributed by atoms with Gasteiger partial charge in [-0.1, -0.05) is 89.2 Å². The number of anilines is 2. The van der Waals surface area contributed by atoms with Gasteiger partial charge in [0.2, 0.25) is 5.91 Å². The SMILES string of the molecule is CCC(Sc1cccc(NC(=O)c2c(Cl)c(Cl)c(Cl)c(Cl)c2C(=O)O)c1)C(=O)Nc1scc(-c2ccc(C)cc2)c1C(=O)OC. The number of hydrogen-bond acceptors (Lipinski definition) is 7. The molecule has 1 unspecified atom stereocenters. The molecule has 0 bridgehead atoms. The molecule has 0 spiro atoms. The highest BCUT2D eigenvalue weighted by atomic mass is 35.5. The largest absolute Gasteiger partial charge is 0.478 e. The molecule has 45 heavy (non-hydrogen) atoms. The molecule has 0 saturated heterocycles. The van der Waals surface area contributed by atoms with Crippen molar-refractivity contribution in [1.82, 2.24) is 0 Å². The number of rotatable bonds is 10. The molecule has 1 atom stereocenters. The maximum Gasteiger partial charge on any atom is 0.341 e. The van der Waals surface area contributed by atoms with Gasteiger partial charge in [0.05, 0.1) is 43.6 Å². The number of carboxylic acids is 1. The number of ether oxygens (including phenoxy) is 1. The van der Waals surface area contributed by atoms with Gasteiger partial charge in [-0.3, -0.25) is 9.59 Å². The second-order valence-corrected chi connectivity index (χ2v) is 13.2. The zero-order chi connectivity index (χ0) is 33.0. The first kappa shape index (κ1) is 34.6. The summed E-state index contributed by atoms with van der Waals surface area (Å²) in [5.41, 5.74) is 2.07. The molecule has 1 heterocycles. The molecule has 1 aromatic heterocycles. The van der Waals surface area contributed by atoms with Gasteiger partial charge < -0.3 is 20.5 Å². The summed E-state index contributed by atoms with van der Waals surface area (Å²) >= 11 is 26.8. The van der Waals surface area contributed by atoms with E-state index in [2.05, 4.69) is 10.6 Å². The molecule has 4 aromatic rings. The number of thiophene rings is 1. The fraction of sp³-hybridized carbons (Fsp3) is 0.161. The Morgan fingerprint density at radius 3 is 2.16 bits per heavy atom. The molecule has 0 aliphatic rings. The van der Waals surface area contributed by atoms with Gasteiger partial charge in [0.15, 0.2) is 0 Å². The van der Waals surface area contributed by atoms with Gasteiger partial charge in [-0.25, -0.2) is 9.59 Å². The van der Waals surface area contributed by atoms with E-state index in [9.17, 15) is 24.3 Å². The standard InChI is InChI=1S/C31H24Cl4N2O6S2/c1-4-19(27(38)37-29-20(31(42)43-3)18(13-44-29)15-10-8-14(2)9-11-15)45-17-7-5-6-16(12-17)36-28(39)21-22(30(40)41)24(33)26(35)25(34)23(21)32/h5-13,19H,4H2,1-3H3,(H,36,39)(H,37,38)(H,40,41). The van der Waals surface area contributed by atoms with Gasteiger partial charge >= 0.3 is 11.9 Å². The number of methoxy groups -OCH3 is 1. The Labute approximate surface area is 287 Å². The van der Waals surface area contributed by atoms with Crippen LogP contribution in [0.4, 0.5) is 10.7 Å². The van der Waals surface area contributed by atoms with E-state index in [-0.39, 0.29) is 26.5 Å². The van der Waals surface area contributed by atoms with Crippen molar-refractivity contribution in [1.29, 1.82) is 0 Å². The molecule has 0 aliphatic carbocycles. The first-order valence-electron chi connectivity index (χ1n) is 13.1. The summed E-state index contributed by atoms with van der Waals surface area (Å²) in [6, 6.07) is 14.3. The van der Waals surface area contributed by atoms with E-state index in [4.69, 9.17) is 51.1 Å². The van der Waals surface area contributed by atoms with Crippen molar-refractivity contribution in [3.8, 4) is 11.1 Å². The number of amides is 2. The van der Waals surface area contributed by atoms with Crippen LogP contribution in [0.5, 0.6) is 0 Å². The smallest absolute Gasteiger partial charge is 0.341 e. The number of nitrogens with one attached hydrogen (secondary N) is 2. The van der Waals surface area contributed by atoms with Crippen LogP contribution in [0.25, 0.3) is 11.1 Å². The number of carbonyl (C=O) groups excluding carboxylic acids is 3.